The molecule has 0 bridgehead atoms. The van der Waals surface area contributed by atoms with Gasteiger partial charge in [0, 0.05) is 16.8 Å². The number of fused-ring (bicyclic) bond motifs is 2. The van der Waals surface area contributed by atoms with Crippen molar-refractivity contribution in [2.24, 2.45) is 0 Å². The fourth-order valence-electron chi connectivity index (χ4n) is 5.32. The molecule has 1 aromatic heterocycles. The third-order valence-corrected chi connectivity index (χ3v) is 7.34. The van der Waals surface area contributed by atoms with Crippen molar-refractivity contribution in [2.75, 3.05) is 0 Å². The van der Waals surface area contributed by atoms with E-state index in [1.54, 1.807) is 24.3 Å². The van der Waals surface area contributed by atoms with Crippen LogP contribution >= 0.6 is 0 Å². The van der Waals surface area contributed by atoms with E-state index >= 15 is 0 Å². The molecule has 0 saturated heterocycles. The Balaban J connectivity index is 1.11. The summed E-state index contributed by atoms with van der Waals surface area (Å²) in [4.78, 5) is 13.2. The fraction of sp³-hybridized carbons (Fsp3) is 0.0857. The van der Waals surface area contributed by atoms with E-state index in [-0.39, 0.29) is 11.4 Å². The maximum atomic E-state index is 13.2. The highest BCUT2D eigenvalue weighted by Gasteiger charge is 2.46. The van der Waals surface area contributed by atoms with Gasteiger partial charge in [-0.15, -0.1) is 0 Å². The number of esters is 1. The van der Waals surface area contributed by atoms with Gasteiger partial charge >= 0.3 is 11.8 Å². The minimum Gasteiger partial charge on any atom is -0.440 e. The lowest BCUT2D eigenvalue weighted by atomic mass is 9.97. The molecule has 200 valence electrons. The molecule has 0 atom stereocenters. The first-order valence-corrected chi connectivity index (χ1v) is 13.5. The molecule has 0 saturated carbocycles. The molecule has 2 heterocycles. The maximum absolute atomic E-state index is 13.2. The summed E-state index contributed by atoms with van der Waals surface area (Å²) in [6, 6.07) is 41.1. The number of carbonyl (C=O) groups is 1. The molecule has 6 heteroatoms. The van der Waals surface area contributed by atoms with Crippen molar-refractivity contribution >= 4 is 16.7 Å². The Kier molecular flexibility index (Phi) is 6.21. The van der Waals surface area contributed by atoms with Gasteiger partial charge in [-0.1, -0.05) is 109 Å². The molecule has 0 radical (unpaired) electrons. The van der Waals surface area contributed by atoms with Crippen LogP contribution in [-0.4, -0.2) is 16.2 Å². The van der Waals surface area contributed by atoms with Gasteiger partial charge in [0.15, 0.2) is 17.2 Å². The normalized spacial score (nSPS) is 13.3. The molecule has 0 aliphatic carbocycles. The Morgan fingerprint density at radius 2 is 1.41 bits per heavy atom. The molecule has 1 aliphatic rings. The van der Waals surface area contributed by atoms with Crippen LogP contribution < -0.4 is 14.2 Å². The first-order chi connectivity index (χ1) is 20.2. The van der Waals surface area contributed by atoms with Crippen LogP contribution in [0.4, 0.5) is 0 Å². The highest BCUT2D eigenvalue weighted by Crippen LogP contribution is 2.51. The number of ether oxygens (including phenoxy) is 3. The summed E-state index contributed by atoms with van der Waals surface area (Å²) in [5.41, 5.74) is 3.95. The monoisotopic (exact) mass is 538 g/mol. The SMILES string of the molecule is O=C(Oc1cccc2c1OC(c1ccccc1)(c1ccccc1)O2)c1cc(CCc2cccc3ccccc23)[nH]n1. The van der Waals surface area contributed by atoms with E-state index in [4.69, 9.17) is 14.2 Å². The van der Waals surface area contributed by atoms with Crippen molar-refractivity contribution in [3.8, 4) is 17.2 Å². The van der Waals surface area contributed by atoms with E-state index in [9.17, 15) is 4.79 Å². The van der Waals surface area contributed by atoms with Crippen LogP contribution in [0.25, 0.3) is 10.8 Å². The number of benzene rings is 5. The van der Waals surface area contributed by atoms with Crippen LogP contribution in [0.15, 0.2) is 127 Å². The molecular weight excluding hydrogens is 512 g/mol. The smallest absolute Gasteiger partial charge is 0.364 e. The molecule has 6 aromatic rings. The number of aromatic amines is 1. The Bertz CT molecular complexity index is 1800. The Labute approximate surface area is 237 Å². The summed E-state index contributed by atoms with van der Waals surface area (Å²) < 4.78 is 18.8. The molecular formula is C35H26N2O4. The second-order valence-electron chi connectivity index (χ2n) is 9.94. The number of nitrogens with zero attached hydrogens (tertiary/aromatic N) is 1. The number of rotatable bonds is 7. The number of H-pyrrole nitrogens is 1. The largest absolute Gasteiger partial charge is 0.440 e. The van der Waals surface area contributed by atoms with Crippen LogP contribution in [-0.2, 0) is 18.6 Å². The topological polar surface area (TPSA) is 73.4 Å². The predicted octanol–water partition coefficient (Wildman–Crippen LogP) is 7.24. The molecule has 6 nitrogen and oxygen atoms in total. The third kappa shape index (κ3) is 4.59. The zero-order valence-corrected chi connectivity index (χ0v) is 22.1. The average molecular weight is 539 g/mol. The van der Waals surface area contributed by atoms with Gasteiger partial charge in [-0.25, -0.2) is 4.79 Å². The molecule has 7 rings (SSSR count). The lowest BCUT2D eigenvalue weighted by Crippen LogP contribution is -2.36. The molecule has 1 aliphatic heterocycles. The van der Waals surface area contributed by atoms with Crippen LogP contribution in [0.2, 0.25) is 0 Å². The van der Waals surface area contributed by atoms with Crippen LogP contribution in [0.1, 0.15) is 32.9 Å². The number of carbonyl (C=O) groups excluding carboxylic acids is 1. The quantitative estimate of drug-likeness (QED) is 0.171. The molecule has 5 aromatic carbocycles. The molecule has 0 spiro atoms. The highest BCUT2D eigenvalue weighted by atomic mass is 16.7. The van der Waals surface area contributed by atoms with E-state index in [2.05, 4.69) is 46.6 Å². The number of para-hydroxylation sites is 1. The maximum Gasteiger partial charge on any atom is 0.364 e. The second kappa shape index (κ2) is 10.3. The van der Waals surface area contributed by atoms with Crippen LogP contribution in [0.5, 0.6) is 17.2 Å². The van der Waals surface area contributed by atoms with Gasteiger partial charge in [0.25, 0.3) is 0 Å². The van der Waals surface area contributed by atoms with Crippen molar-refractivity contribution in [1.29, 1.82) is 0 Å². The summed E-state index contributed by atoms with van der Waals surface area (Å²) in [6.07, 6.45) is 1.53. The van der Waals surface area contributed by atoms with Gasteiger partial charge in [0.05, 0.1) is 0 Å². The minimum atomic E-state index is -1.21. The molecule has 0 unspecified atom stereocenters. The second-order valence-corrected chi connectivity index (χ2v) is 9.94. The van der Waals surface area contributed by atoms with E-state index in [0.29, 0.717) is 17.9 Å². The lowest BCUT2D eigenvalue weighted by Gasteiger charge is -2.28. The van der Waals surface area contributed by atoms with Gasteiger partial charge in [-0.05, 0) is 47.4 Å². The zero-order valence-electron chi connectivity index (χ0n) is 22.1. The average Bonchev–Trinajstić information content (AvgIpc) is 3.68. The molecule has 0 fully saturated rings. The highest BCUT2D eigenvalue weighted by molar-refractivity contribution is 5.89. The van der Waals surface area contributed by atoms with E-state index < -0.39 is 11.8 Å². The van der Waals surface area contributed by atoms with E-state index in [1.807, 2.05) is 66.7 Å². The van der Waals surface area contributed by atoms with Crippen LogP contribution in [0, 0.1) is 0 Å². The van der Waals surface area contributed by atoms with Gasteiger partial charge in [-0.2, -0.15) is 5.10 Å². The van der Waals surface area contributed by atoms with Gasteiger partial charge in [0.1, 0.15) is 0 Å². The summed E-state index contributed by atoms with van der Waals surface area (Å²) in [5.74, 6) is -0.678. The predicted molar refractivity (Wildman–Crippen MR) is 156 cm³/mol. The fourth-order valence-corrected chi connectivity index (χ4v) is 5.32. The van der Waals surface area contributed by atoms with Gasteiger partial charge < -0.3 is 14.2 Å². The number of aromatic nitrogens is 2. The van der Waals surface area contributed by atoms with Crippen molar-refractivity contribution in [3.05, 3.63) is 155 Å². The number of hydrogen-bond donors (Lipinski definition) is 1. The summed E-state index contributed by atoms with van der Waals surface area (Å²) in [5, 5.41) is 9.67. The lowest BCUT2D eigenvalue weighted by molar-refractivity contribution is -0.0467. The molecule has 0 amide bonds. The third-order valence-electron chi connectivity index (χ3n) is 7.34. The van der Waals surface area contributed by atoms with Crippen molar-refractivity contribution in [2.45, 2.75) is 18.6 Å². The van der Waals surface area contributed by atoms with E-state index in [0.717, 1.165) is 23.2 Å². The molecule has 41 heavy (non-hydrogen) atoms. The van der Waals surface area contributed by atoms with Gasteiger partial charge in [0.2, 0.25) is 5.75 Å². The van der Waals surface area contributed by atoms with Gasteiger partial charge in [-0.3, -0.25) is 5.10 Å². The number of hydrogen-bond acceptors (Lipinski definition) is 5. The van der Waals surface area contributed by atoms with Crippen molar-refractivity contribution < 1.29 is 19.0 Å². The summed E-state index contributed by atoms with van der Waals surface area (Å²) >= 11 is 0. The summed E-state index contributed by atoms with van der Waals surface area (Å²) in [7, 11) is 0. The summed E-state index contributed by atoms with van der Waals surface area (Å²) in [6.45, 7) is 0. The first kappa shape index (κ1) is 24.7. The zero-order chi connectivity index (χ0) is 27.6. The first-order valence-electron chi connectivity index (χ1n) is 13.5. The van der Waals surface area contributed by atoms with E-state index in [1.165, 1.54) is 16.3 Å². The Morgan fingerprint density at radius 1 is 0.732 bits per heavy atom. The van der Waals surface area contributed by atoms with Crippen molar-refractivity contribution in [1.82, 2.24) is 10.2 Å². The van der Waals surface area contributed by atoms with Crippen molar-refractivity contribution in [3.63, 3.8) is 0 Å². The Morgan fingerprint density at radius 3 is 2.20 bits per heavy atom. The van der Waals surface area contributed by atoms with Crippen LogP contribution in [0.3, 0.4) is 0 Å². The minimum absolute atomic E-state index is 0.201. The standard InChI is InChI=1S/C35H26N2O4/c38-34(30-23-28(36-37-30)22-21-25-13-9-12-24-11-7-8-18-29(24)25)39-31-19-10-20-32-33(31)41-35(40-32,26-14-3-1-4-15-26)27-16-5-2-6-17-27/h1-20,23H,21-22H2,(H,36,37). The number of aryl methyl sites for hydroxylation is 2. The molecule has 1 N–H and O–H groups in total. The Hall–Kier alpha value is -5.36. The number of nitrogens with one attached hydrogen (secondary N) is 1.